The summed E-state index contributed by atoms with van der Waals surface area (Å²) in [5, 5.41) is 8.88. The predicted octanol–water partition coefficient (Wildman–Crippen LogP) is 0.171. The van der Waals surface area contributed by atoms with E-state index >= 15 is 0 Å². The number of amides is 1. The van der Waals surface area contributed by atoms with Gasteiger partial charge < -0.3 is 19.6 Å². The maximum Gasteiger partial charge on any atom is 0.332 e. The maximum absolute atomic E-state index is 12.3. The molecule has 1 unspecified atom stereocenters. The number of hydrogen-bond donors (Lipinski definition) is 1. The van der Waals surface area contributed by atoms with Crippen LogP contribution in [0.3, 0.4) is 0 Å². The molecule has 6 nitrogen and oxygen atoms in total. The molecule has 0 aliphatic carbocycles. The van der Waals surface area contributed by atoms with Gasteiger partial charge in [-0.3, -0.25) is 4.79 Å². The Morgan fingerprint density at radius 2 is 1.95 bits per heavy atom. The molecule has 0 radical (unpaired) electrons. The molecule has 108 valence electrons. The van der Waals surface area contributed by atoms with Gasteiger partial charge in [-0.15, -0.1) is 0 Å². The average Bonchev–Trinajstić information content (AvgIpc) is 2.86. The summed E-state index contributed by atoms with van der Waals surface area (Å²) in [6, 6.07) is 0.207. The first-order valence-electron chi connectivity index (χ1n) is 6.82. The zero-order valence-corrected chi connectivity index (χ0v) is 11.5. The number of carbonyl (C=O) groups excluding carboxylic acids is 1. The lowest BCUT2D eigenvalue weighted by Crippen LogP contribution is -2.50. The van der Waals surface area contributed by atoms with E-state index in [9.17, 15) is 9.59 Å². The van der Waals surface area contributed by atoms with Crippen LogP contribution < -0.4 is 0 Å². The predicted molar refractivity (Wildman–Crippen MR) is 68.8 cm³/mol. The molecule has 2 aliphatic rings. The Kier molecular flexibility index (Phi) is 4.42. The molecule has 2 heterocycles. The molecule has 1 amide bonds. The largest absolute Gasteiger partial charge is 0.479 e. The smallest absolute Gasteiger partial charge is 0.332 e. The lowest BCUT2D eigenvalue weighted by atomic mass is 10.0. The second kappa shape index (κ2) is 5.88. The molecule has 0 spiro atoms. The van der Waals surface area contributed by atoms with E-state index in [1.165, 1.54) is 0 Å². The highest BCUT2D eigenvalue weighted by atomic mass is 16.5. The number of hydrogen-bond acceptors (Lipinski definition) is 4. The van der Waals surface area contributed by atoms with Gasteiger partial charge in [0.1, 0.15) is 6.10 Å². The molecule has 2 saturated heterocycles. The zero-order chi connectivity index (χ0) is 14.0. The van der Waals surface area contributed by atoms with E-state index in [0.717, 1.165) is 25.9 Å². The summed E-state index contributed by atoms with van der Waals surface area (Å²) in [6.07, 6.45) is 1.60. The van der Waals surface area contributed by atoms with Crippen molar-refractivity contribution in [2.45, 2.75) is 43.9 Å². The minimum atomic E-state index is -0.977. The number of ether oxygens (including phenoxy) is 1. The second-order valence-corrected chi connectivity index (χ2v) is 5.54. The fourth-order valence-electron chi connectivity index (χ4n) is 2.86. The van der Waals surface area contributed by atoms with Crippen molar-refractivity contribution in [3.05, 3.63) is 0 Å². The number of aliphatic carboxylic acids is 1. The van der Waals surface area contributed by atoms with E-state index < -0.39 is 18.2 Å². The number of likely N-dealkylation sites (tertiary alicyclic amines) is 1. The molecule has 0 aromatic heterocycles. The first-order valence-corrected chi connectivity index (χ1v) is 6.82. The summed E-state index contributed by atoms with van der Waals surface area (Å²) >= 11 is 0. The Hall–Kier alpha value is -1.14. The van der Waals surface area contributed by atoms with Gasteiger partial charge in [-0.25, -0.2) is 4.79 Å². The fourth-order valence-corrected chi connectivity index (χ4v) is 2.86. The van der Waals surface area contributed by atoms with Crippen LogP contribution in [0, 0.1) is 0 Å². The van der Waals surface area contributed by atoms with Gasteiger partial charge in [0.05, 0.1) is 0 Å². The summed E-state index contributed by atoms with van der Waals surface area (Å²) < 4.78 is 5.32. The zero-order valence-electron chi connectivity index (χ0n) is 11.5. The molecule has 19 heavy (non-hydrogen) atoms. The lowest BCUT2D eigenvalue weighted by molar-refractivity contribution is -0.155. The lowest BCUT2D eigenvalue weighted by Gasteiger charge is -2.36. The van der Waals surface area contributed by atoms with E-state index in [-0.39, 0.29) is 11.9 Å². The molecule has 0 aromatic rings. The van der Waals surface area contributed by atoms with Crippen molar-refractivity contribution in [2.24, 2.45) is 0 Å². The van der Waals surface area contributed by atoms with Crippen molar-refractivity contribution in [1.29, 1.82) is 0 Å². The molecular weight excluding hydrogens is 248 g/mol. The van der Waals surface area contributed by atoms with Crippen LogP contribution in [0.25, 0.3) is 0 Å². The molecule has 6 heteroatoms. The van der Waals surface area contributed by atoms with Crippen molar-refractivity contribution < 1.29 is 19.4 Å². The molecule has 0 bridgehead atoms. The first-order chi connectivity index (χ1) is 8.99. The molecule has 1 N–H and O–H groups in total. The number of carboxylic acid groups (broad SMARTS) is 1. The highest BCUT2D eigenvalue weighted by Gasteiger charge is 2.37. The van der Waals surface area contributed by atoms with Gasteiger partial charge in [-0.05, 0) is 39.3 Å². The number of piperidine rings is 1. The Balaban J connectivity index is 1.90. The SMILES string of the molecule is CN1CCCC(N(C)C(=O)[C@@H]2CC[C@H](C(=O)O)O2)C1. The van der Waals surface area contributed by atoms with Gasteiger partial charge in [0.15, 0.2) is 6.10 Å². The fraction of sp³-hybridized carbons (Fsp3) is 0.846. The minimum absolute atomic E-state index is 0.0796. The van der Waals surface area contributed by atoms with Crippen molar-refractivity contribution in [3.63, 3.8) is 0 Å². The third-order valence-electron chi connectivity index (χ3n) is 4.07. The number of nitrogens with zero attached hydrogens (tertiary/aromatic N) is 2. The molecule has 0 saturated carbocycles. The van der Waals surface area contributed by atoms with Crippen LogP contribution in [-0.2, 0) is 14.3 Å². The van der Waals surface area contributed by atoms with Crippen molar-refractivity contribution >= 4 is 11.9 Å². The van der Waals surface area contributed by atoms with Crippen LogP contribution in [0.2, 0.25) is 0 Å². The average molecular weight is 270 g/mol. The Bertz CT molecular complexity index is 361. The Morgan fingerprint density at radius 3 is 2.53 bits per heavy atom. The minimum Gasteiger partial charge on any atom is -0.479 e. The molecule has 3 atom stereocenters. The van der Waals surface area contributed by atoms with Crippen LogP contribution in [0.15, 0.2) is 0 Å². The summed E-state index contributed by atoms with van der Waals surface area (Å²) in [6.45, 7) is 1.94. The van der Waals surface area contributed by atoms with Crippen LogP contribution in [0.5, 0.6) is 0 Å². The molecular formula is C13H22N2O4. The highest BCUT2D eigenvalue weighted by Crippen LogP contribution is 2.23. The second-order valence-electron chi connectivity index (χ2n) is 5.54. The molecule has 2 aliphatic heterocycles. The summed E-state index contributed by atoms with van der Waals surface area (Å²) in [5.74, 6) is -1.06. The first kappa shape index (κ1) is 14.3. The van der Waals surface area contributed by atoms with Gasteiger partial charge in [0.2, 0.25) is 0 Å². The quantitative estimate of drug-likeness (QED) is 0.791. The number of rotatable bonds is 3. The standard InChI is InChI=1S/C13H22N2O4/c1-14-7-3-4-9(8-14)15(2)12(16)10-5-6-11(19-10)13(17)18/h9-11H,3-8H2,1-2H3,(H,17,18)/t9?,10-,11+/m0/s1. The Labute approximate surface area is 113 Å². The third kappa shape index (κ3) is 3.25. The van der Waals surface area contributed by atoms with Crippen molar-refractivity contribution in [2.75, 3.05) is 27.2 Å². The summed E-state index contributed by atoms with van der Waals surface area (Å²) in [7, 11) is 3.85. The van der Waals surface area contributed by atoms with Crippen LogP contribution in [0.4, 0.5) is 0 Å². The van der Waals surface area contributed by atoms with Crippen LogP contribution in [-0.4, -0.2) is 72.2 Å². The summed E-state index contributed by atoms with van der Waals surface area (Å²) in [5.41, 5.74) is 0. The monoisotopic (exact) mass is 270 g/mol. The number of carbonyl (C=O) groups is 2. The maximum atomic E-state index is 12.3. The molecule has 2 rings (SSSR count). The van der Waals surface area contributed by atoms with Crippen LogP contribution in [0.1, 0.15) is 25.7 Å². The van der Waals surface area contributed by atoms with Gasteiger partial charge in [-0.2, -0.15) is 0 Å². The highest BCUT2D eigenvalue weighted by molar-refractivity contribution is 5.82. The van der Waals surface area contributed by atoms with Crippen molar-refractivity contribution in [1.82, 2.24) is 9.80 Å². The van der Waals surface area contributed by atoms with E-state index in [1.807, 2.05) is 0 Å². The number of likely N-dealkylation sites (N-methyl/N-ethyl adjacent to an activating group) is 2. The van der Waals surface area contributed by atoms with E-state index in [1.54, 1.807) is 11.9 Å². The van der Waals surface area contributed by atoms with Gasteiger partial charge in [0, 0.05) is 19.6 Å². The van der Waals surface area contributed by atoms with Crippen molar-refractivity contribution in [3.8, 4) is 0 Å². The molecule has 0 aromatic carbocycles. The van der Waals surface area contributed by atoms with Gasteiger partial charge in [-0.1, -0.05) is 0 Å². The Morgan fingerprint density at radius 1 is 1.26 bits per heavy atom. The normalized spacial score (nSPS) is 32.2. The molecule has 2 fully saturated rings. The van der Waals surface area contributed by atoms with Crippen LogP contribution >= 0.6 is 0 Å². The topological polar surface area (TPSA) is 70.1 Å². The van der Waals surface area contributed by atoms with E-state index in [2.05, 4.69) is 11.9 Å². The summed E-state index contributed by atoms with van der Waals surface area (Å²) in [4.78, 5) is 27.1. The van der Waals surface area contributed by atoms with Gasteiger partial charge in [0.25, 0.3) is 5.91 Å². The third-order valence-corrected chi connectivity index (χ3v) is 4.07. The van der Waals surface area contributed by atoms with Gasteiger partial charge >= 0.3 is 5.97 Å². The van der Waals surface area contributed by atoms with E-state index in [0.29, 0.717) is 12.8 Å². The van der Waals surface area contributed by atoms with E-state index in [4.69, 9.17) is 9.84 Å². The number of carboxylic acids is 1.